The van der Waals surface area contributed by atoms with Crippen LogP contribution in [-0.2, 0) is 38.4 Å². The number of nitrogens with one attached hydrogen (secondary N) is 5. The Morgan fingerprint density at radius 3 is 2.17 bits per heavy atom. The van der Waals surface area contributed by atoms with Crippen molar-refractivity contribution in [1.82, 2.24) is 30.9 Å². The summed E-state index contributed by atoms with van der Waals surface area (Å²) < 4.78 is 0. The summed E-state index contributed by atoms with van der Waals surface area (Å²) in [6.45, 7) is 0.463. The van der Waals surface area contributed by atoms with E-state index in [1.165, 1.54) is 24.7 Å². The standard InChI is InChI=1S/C32H40N8O6/c33-12-4-3-6-24(34)29(42)38-26(13-19-8-10-22(41)11-9-19)30(43)39-27(14-20-16-36-25-7-2-1-5-23(20)25)31(44)40-28(32(45)46)15-21-17-35-18-37-21/h1-2,5,7-11,16-18,24,26-28,36,41H,3-4,6,12-15,33-34H2,(H,35,37)(H,38,42)(H,39,43)(H,40,44)(H,45,46). The highest BCUT2D eigenvalue weighted by molar-refractivity contribution is 5.95. The molecule has 0 aliphatic rings. The van der Waals surface area contributed by atoms with Gasteiger partial charge in [0, 0.05) is 48.3 Å². The molecule has 0 radical (unpaired) electrons. The topological polar surface area (TPSA) is 241 Å². The molecule has 0 bridgehead atoms. The van der Waals surface area contributed by atoms with E-state index >= 15 is 0 Å². The minimum atomic E-state index is -1.31. The summed E-state index contributed by atoms with van der Waals surface area (Å²) in [5, 5.41) is 28.4. The van der Waals surface area contributed by atoms with Crippen molar-refractivity contribution in [2.75, 3.05) is 6.54 Å². The van der Waals surface area contributed by atoms with E-state index in [2.05, 4.69) is 30.9 Å². The molecule has 2 aromatic heterocycles. The van der Waals surface area contributed by atoms with Gasteiger partial charge in [0.2, 0.25) is 17.7 Å². The number of fused-ring (bicyclic) bond motifs is 1. The number of hydrogen-bond acceptors (Lipinski definition) is 8. The number of aromatic nitrogens is 3. The number of phenols is 1. The Balaban J connectivity index is 1.59. The number of carbonyl (C=O) groups is 4. The van der Waals surface area contributed by atoms with Gasteiger partial charge in [0.05, 0.1) is 12.4 Å². The molecule has 3 amide bonds. The number of aromatic amines is 2. The molecule has 0 aliphatic heterocycles. The van der Waals surface area contributed by atoms with Crippen molar-refractivity contribution in [2.45, 2.75) is 62.7 Å². The van der Waals surface area contributed by atoms with Crippen LogP contribution in [0.4, 0.5) is 0 Å². The van der Waals surface area contributed by atoms with Crippen LogP contribution < -0.4 is 27.4 Å². The number of rotatable bonds is 17. The largest absolute Gasteiger partial charge is 0.508 e. The fourth-order valence-corrected chi connectivity index (χ4v) is 5.09. The fourth-order valence-electron chi connectivity index (χ4n) is 5.09. The molecule has 11 N–H and O–H groups in total. The van der Waals surface area contributed by atoms with Gasteiger partial charge in [0.1, 0.15) is 23.9 Å². The van der Waals surface area contributed by atoms with Crippen molar-refractivity contribution >= 4 is 34.6 Å². The highest BCUT2D eigenvalue weighted by atomic mass is 16.4. The van der Waals surface area contributed by atoms with Crippen LogP contribution in [0.15, 0.2) is 67.3 Å². The first-order valence-electron chi connectivity index (χ1n) is 15.0. The minimum Gasteiger partial charge on any atom is -0.508 e. The van der Waals surface area contributed by atoms with E-state index in [4.69, 9.17) is 11.5 Å². The average molecular weight is 633 g/mol. The number of carboxylic acids is 1. The maximum Gasteiger partial charge on any atom is 0.326 e. The van der Waals surface area contributed by atoms with E-state index in [9.17, 15) is 29.4 Å². The number of aromatic hydroxyl groups is 1. The summed E-state index contributed by atoms with van der Waals surface area (Å²) in [4.78, 5) is 62.6. The molecule has 4 unspecified atom stereocenters. The monoisotopic (exact) mass is 632 g/mol. The molecule has 4 atom stereocenters. The Morgan fingerprint density at radius 2 is 1.50 bits per heavy atom. The molecule has 4 aromatic rings. The highest BCUT2D eigenvalue weighted by Gasteiger charge is 2.31. The lowest BCUT2D eigenvalue weighted by Gasteiger charge is -2.25. The van der Waals surface area contributed by atoms with Crippen molar-refractivity contribution in [3.8, 4) is 5.75 Å². The first-order valence-corrected chi connectivity index (χ1v) is 15.0. The number of nitrogens with zero attached hydrogens (tertiary/aromatic N) is 1. The fraction of sp³-hybridized carbons (Fsp3) is 0.344. The highest BCUT2D eigenvalue weighted by Crippen LogP contribution is 2.20. The Morgan fingerprint density at radius 1 is 0.826 bits per heavy atom. The Labute approximate surface area is 265 Å². The second-order valence-corrected chi connectivity index (χ2v) is 11.1. The van der Waals surface area contributed by atoms with Crippen molar-refractivity contribution in [2.24, 2.45) is 11.5 Å². The second kappa shape index (κ2) is 16.2. The number of nitrogens with two attached hydrogens (primary N) is 2. The predicted molar refractivity (Wildman–Crippen MR) is 170 cm³/mol. The number of unbranched alkanes of at least 4 members (excludes halogenated alkanes) is 1. The number of benzene rings is 2. The molecule has 0 spiro atoms. The van der Waals surface area contributed by atoms with E-state index in [-0.39, 0.29) is 25.0 Å². The quantitative estimate of drug-likeness (QED) is 0.0740. The molecular weight excluding hydrogens is 592 g/mol. The molecule has 244 valence electrons. The number of amides is 3. The zero-order chi connectivity index (χ0) is 33.1. The van der Waals surface area contributed by atoms with E-state index in [0.29, 0.717) is 37.1 Å². The first-order chi connectivity index (χ1) is 22.1. The van der Waals surface area contributed by atoms with Crippen molar-refractivity contribution in [3.05, 3.63) is 84.1 Å². The van der Waals surface area contributed by atoms with E-state index in [1.54, 1.807) is 18.3 Å². The molecule has 14 nitrogen and oxygen atoms in total. The van der Waals surface area contributed by atoms with Crippen LogP contribution in [-0.4, -0.2) is 79.6 Å². The van der Waals surface area contributed by atoms with E-state index in [1.807, 2.05) is 24.3 Å². The lowest BCUT2D eigenvalue weighted by molar-refractivity contribution is -0.142. The summed E-state index contributed by atoms with van der Waals surface area (Å²) in [6.07, 6.45) is 6.30. The summed E-state index contributed by atoms with van der Waals surface area (Å²) in [6, 6.07) is 9.06. The maximum absolute atomic E-state index is 13.9. The van der Waals surface area contributed by atoms with E-state index in [0.717, 1.165) is 16.5 Å². The average Bonchev–Trinajstić information content (AvgIpc) is 3.71. The SMILES string of the molecule is NCCCCC(N)C(=O)NC(Cc1ccc(O)cc1)C(=O)NC(Cc1c[nH]c2ccccc12)C(=O)NC(Cc1cnc[nH]1)C(=O)O. The minimum absolute atomic E-state index is 0.0243. The van der Waals surface area contributed by atoms with Crippen LogP contribution >= 0.6 is 0 Å². The zero-order valence-corrected chi connectivity index (χ0v) is 25.2. The summed E-state index contributed by atoms with van der Waals surface area (Å²) in [7, 11) is 0. The number of para-hydroxylation sites is 1. The molecule has 14 heteroatoms. The van der Waals surface area contributed by atoms with Crippen molar-refractivity contribution in [3.63, 3.8) is 0 Å². The molecule has 0 saturated carbocycles. The third-order valence-corrected chi connectivity index (χ3v) is 7.64. The number of aliphatic carboxylic acids is 1. The number of imidazole rings is 1. The zero-order valence-electron chi connectivity index (χ0n) is 25.2. The van der Waals surface area contributed by atoms with Gasteiger partial charge in [-0.05, 0) is 48.7 Å². The van der Waals surface area contributed by atoms with Gasteiger partial charge in [0.15, 0.2) is 0 Å². The van der Waals surface area contributed by atoms with Gasteiger partial charge in [0.25, 0.3) is 0 Å². The summed E-state index contributed by atoms with van der Waals surface area (Å²) >= 11 is 0. The van der Waals surface area contributed by atoms with Gasteiger partial charge >= 0.3 is 5.97 Å². The number of carboxylic acid groups (broad SMARTS) is 1. The second-order valence-electron chi connectivity index (χ2n) is 11.1. The predicted octanol–water partition coefficient (Wildman–Crippen LogP) is 0.620. The molecule has 0 saturated heterocycles. The van der Waals surface area contributed by atoms with Gasteiger partial charge in [-0.25, -0.2) is 9.78 Å². The normalized spacial score (nSPS) is 13.8. The van der Waals surface area contributed by atoms with Gasteiger partial charge in [-0.15, -0.1) is 0 Å². The van der Waals surface area contributed by atoms with Crippen LogP contribution in [0.1, 0.15) is 36.1 Å². The van der Waals surface area contributed by atoms with Crippen LogP contribution in [0.5, 0.6) is 5.75 Å². The molecule has 46 heavy (non-hydrogen) atoms. The lowest BCUT2D eigenvalue weighted by Crippen LogP contribution is -2.58. The van der Waals surface area contributed by atoms with Gasteiger partial charge in [-0.2, -0.15) is 0 Å². The molecule has 2 heterocycles. The van der Waals surface area contributed by atoms with Gasteiger partial charge < -0.3 is 47.6 Å². The van der Waals surface area contributed by atoms with Crippen molar-refractivity contribution in [1.29, 1.82) is 0 Å². The van der Waals surface area contributed by atoms with E-state index < -0.39 is 47.9 Å². The number of phenolic OH excluding ortho intramolecular Hbond substituents is 1. The van der Waals surface area contributed by atoms with Crippen LogP contribution in [0.3, 0.4) is 0 Å². The third kappa shape index (κ3) is 9.39. The van der Waals surface area contributed by atoms with Crippen LogP contribution in [0.25, 0.3) is 10.9 Å². The number of hydrogen-bond donors (Lipinski definition) is 9. The Bertz CT molecular complexity index is 1600. The van der Waals surface area contributed by atoms with Gasteiger partial charge in [-0.1, -0.05) is 36.8 Å². The van der Waals surface area contributed by atoms with Crippen molar-refractivity contribution < 1.29 is 29.4 Å². The molecule has 4 rings (SSSR count). The third-order valence-electron chi connectivity index (χ3n) is 7.64. The first kappa shape index (κ1) is 33.7. The smallest absolute Gasteiger partial charge is 0.326 e. The molecule has 2 aromatic carbocycles. The maximum atomic E-state index is 13.9. The molecule has 0 fully saturated rings. The molecular formula is C32H40N8O6. The van der Waals surface area contributed by atoms with Gasteiger partial charge in [-0.3, -0.25) is 14.4 Å². The lowest BCUT2D eigenvalue weighted by atomic mass is 10.0. The Hall–Kier alpha value is -5.21. The summed E-state index contributed by atoms with van der Waals surface area (Å²) in [5.41, 5.74) is 14.3. The van der Waals surface area contributed by atoms with Crippen LogP contribution in [0.2, 0.25) is 0 Å². The number of carbonyl (C=O) groups excluding carboxylic acids is 3. The Kier molecular flexibility index (Phi) is 11.9. The summed E-state index contributed by atoms with van der Waals surface area (Å²) in [5.74, 6) is -3.16. The van der Waals surface area contributed by atoms with Crippen LogP contribution in [0, 0.1) is 0 Å². The number of H-pyrrole nitrogens is 2. The molecule has 0 aliphatic carbocycles.